The van der Waals surface area contributed by atoms with Gasteiger partial charge in [0.1, 0.15) is 29.0 Å². The van der Waals surface area contributed by atoms with Gasteiger partial charge < -0.3 is 25.4 Å². The molecule has 0 amide bonds. The van der Waals surface area contributed by atoms with Crippen molar-refractivity contribution in [1.29, 1.82) is 0 Å². The molecule has 4 rings (SSSR count). The fourth-order valence-electron chi connectivity index (χ4n) is 7.02. The normalized spacial score (nSPS) is 21.5. The molecule has 1 saturated carbocycles. The highest BCUT2D eigenvalue weighted by molar-refractivity contribution is 5.83. The highest BCUT2D eigenvalue weighted by Gasteiger charge is 2.67. The largest absolute Gasteiger partial charge is 0.489 e. The Hall–Kier alpha value is -3.37. The smallest absolute Gasteiger partial charge is 0.401 e. The number of carbonyl (C=O) groups excluding carboxylic acids is 1. The van der Waals surface area contributed by atoms with E-state index in [2.05, 4.69) is 13.0 Å². The molecule has 1 heterocycles. The average Bonchev–Trinajstić information content (AvgIpc) is 3.30. The Morgan fingerprint density at radius 3 is 2.20 bits per heavy atom. The standard InChI is InChI=1S/C39H53F3N2O5/c1-9-11-12-13-24-14-17-28(25(10-2)20-24)29-21-26-15-16-27(22-30(26)48-33(29)45)47-31-18-19-32(38(31,8)39(40,41)42)49-34(46)37(7,36(5,6)44)23-35(3,4)43/h14-17,20-22,31-32H,9-13,18-19,23,43-44H2,1-8H3. The van der Waals surface area contributed by atoms with Crippen LogP contribution in [0.5, 0.6) is 5.75 Å². The number of hydrogen-bond donors (Lipinski definition) is 2. The van der Waals surface area contributed by atoms with Crippen LogP contribution >= 0.6 is 0 Å². The zero-order valence-electron chi connectivity index (χ0n) is 30.2. The molecule has 10 heteroatoms. The first-order valence-electron chi connectivity index (χ1n) is 17.4. The van der Waals surface area contributed by atoms with Crippen molar-refractivity contribution in [3.63, 3.8) is 0 Å². The van der Waals surface area contributed by atoms with Crippen molar-refractivity contribution >= 4 is 16.9 Å². The Morgan fingerprint density at radius 2 is 1.61 bits per heavy atom. The lowest BCUT2D eigenvalue weighted by Gasteiger charge is -2.45. The molecule has 0 radical (unpaired) electrons. The summed E-state index contributed by atoms with van der Waals surface area (Å²) in [6.45, 7) is 13.5. The quantitative estimate of drug-likeness (QED) is 0.105. The summed E-state index contributed by atoms with van der Waals surface area (Å²) in [5, 5.41) is 0.611. The molecule has 4 atom stereocenters. The number of carbonyl (C=O) groups is 1. The predicted octanol–water partition coefficient (Wildman–Crippen LogP) is 8.65. The van der Waals surface area contributed by atoms with Crippen LogP contribution in [0.1, 0.15) is 105 Å². The van der Waals surface area contributed by atoms with Crippen LogP contribution in [0.2, 0.25) is 0 Å². The van der Waals surface area contributed by atoms with E-state index in [1.54, 1.807) is 52.8 Å². The molecule has 0 spiro atoms. The van der Waals surface area contributed by atoms with Crippen LogP contribution in [0.3, 0.4) is 0 Å². The summed E-state index contributed by atoms with van der Waals surface area (Å²) in [5.41, 5.74) is 9.91. The fraction of sp³-hybridized carbons (Fsp3) is 0.590. The minimum Gasteiger partial charge on any atom is -0.489 e. The van der Waals surface area contributed by atoms with E-state index in [1.165, 1.54) is 11.6 Å². The van der Waals surface area contributed by atoms with Gasteiger partial charge in [0, 0.05) is 22.5 Å². The van der Waals surface area contributed by atoms with Crippen molar-refractivity contribution in [3.05, 3.63) is 64.0 Å². The molecule has 270 valence electrons. The van der Waals surface area contributed by atoms with Crippen LogP contribution in [-0.2, 0) is 22.4 Å². The number of rotatable bonds is 13. The topological polar surface area (TPSA) is 118 Å². The van der Waals surface area contributed by atoms with E-state index in [0.29, 0.717) is 10.9 Å². The fourth-order valence-corrected chi connectivity index (χ4v) is 7.02. The minimum atomic E-state index is -4.78. The second-order valence-electron chi connectivity index (χ2n) is 15.5. The second kappa shape index (κ2) is 14.1. The van der Waals surface area contributed by atoms with Gasteiger partial charge in [-0.15, -0.1) is 0 Å². The molecule has 7 nitrogen and oxygen atoms in total. The number of aryl methyl sites for hydroxylation is 2. The molecule has 1 aliphatic rings. The van der Waals surface area contributed by atoms with Crippen molar-refractivity contribution < 1.29 is 31.9 Å². The third-order valence-electron chi connectivity index (χ3n) is 10.5. The summed E-state index contributed by atoms with van der Waals surface area (Å²) in [5.74, 6) is -0.723. The minimum absolute atomic E-state index is 0.0196. The van der Waals surface area contributed by atoms with Crippen LogP contribution in [0, 0.1) is 10.8 Å². The third kappa shape index (κ3) is 8.01. The Bertz CT molecular complexity index is 1700. The SMILES string of the molecule is CCCCCc1ccc(-c2cc3ccc(OC4CCC(OC(=O)C(C)(CC(C)(C)N)C(C)(C)N)C4(C)C(F)(F)F)cc3oc2=O)c(CC)c1. The number of alkyl halides is 3. The summed E-state index contributed by atoms with van der Waals surface area (Å²) in [6.07, 6.45) is -2.52. The molecule has 49 heavy (non-hydrogen) atoms. The first-order chi connectivity index (χ1) is 22.6. The molecule has 4 unspecified atom stereocenters. The number of esters is 1. The predicted molar refractivity (Wildman–Crippen MR) is 187 cm³/mol. The molecule has 3 aromatic rings. The molecule has 1 fully saturated rings. The number of unbranched alkanes of at least 4 members (excludes halogenated alkanes) is 2. The van der Waals surface area contributed by atoms with E-state index in [1.807, 2.05) is 19.1 Å². The van der Waals surface area contributed by atoms with Crippen LogP contribution < -0.4 is 21.8 Å². The first kappa shape index (κ1) is 38.4. The number of halogens is 3. The summed E-state index contributed by atoms with van der Waals surface area (Å²) in [7, 11) is 0. The Balaban J connectivity index is 1.61. The highest BCUT2D eigenvalue weighted by Crippen LogP contribution is 2.54. The maximum Gasteiger partial charge on any atom is 0.401 e. The van der Waals surface area contributed by atoms with Crippen molar-refractivity contribution in [2.75, 3.05) is 0 Å². The number of benzene rings is 2. The maximum atomic E-state index is 14.9. The Labute approximate surface area is 287 Å². The molecule has 0 bridgehead atoms. The van der Waals surface area contributed by atoms with Gasteiger partial charge in [0.2, 0.25) is 0 Å². The lowest BCUT2D eigenvalue weighted by atomic mass is 9.67. The molecular formula is C39H53F3N2O5. The Kier molecular flexibility index (Phi) is 11.1. The number of ether oxygens (including phenoxy) is 2. The van der Waals surface area contributed by atoms with Gasteiger partial charge >= 0.3 is 17.8 Å². The monoisotopic (exact) mass is 686 g/mol. The second-order valence-corrected chi connectivity index (χ2v) is 15.5. The van der Waals surface area contributed by atoms with Gasteiger partial charge in [-0.1, -0.05) is 44.9 Å². The first-order valence-corrected chi connectivity index (χ1v) is 17.4. The van der Waals surface area contributed by atoms with Gasteiger partial charge in [-0.3, -0.25) is 4.79 Å². The van der Waals surface area contributed by atoms with E-state index in [4.69, 9.17) is 25.4 Å². The zero-order chi connectivity index (χ0) is 36.6. The Morgan fingerprint density at radius 1 is 0.939 bits per heavy atom. The number of hydrogen-bond acceptors (Lipinski definition) is 7. The maximum absolute atomic E-state index is 14.9. The van der Waals surface area contributed by atoms with Gasteiger partial charge in [0.15, 0.2) is 0 Å². The van der Waals surface area contributed by atoms with Gasteiger partial charge in [0.05, 0.1) is 11.0 Å². The zero-order valence-corrected chi connectivity index (χ0v) is 30.2. The van der Waals surface area contributed by atoms with Crippen molar-refractivity contribution in [3.8, 4) is 16.9 Å². The van der Waals surface area contributed by atoms with E-state index in [0.717, 1.165) is 50.2 Å². The summed E-state index contributed by atoms with van der Waals surface area (Å²) < 4.78 is 62.1. The summed E-state index contributed by atoms with van der Waals surface area (Å²) in [4.78, 5) is 26.9. The van der Waals surface area contributed by atoms with Crippen molar-refractivity contribution in [2.24, 2.45) is 22.3 Å². The van der Waals surface area contributed by atoms with Crippen LogP contribution in [-0.4, -0.2) is 35.4 Å². The number of nitrogens with two attached hydrogens (primary N) is 2. The third-order valence-corrected chi connectivity index (χ3v) is 10.5. The molecule has 4 N–H and O–H groups in total. The van der Waals surface area contributed by atoms with E-state index < -0.39 is 51.9 Å². The molecular weight excluding hydrogens is 633 g/mol. The lowest BCUT2D eigenvalue weighted by molar-refractivity contribution is -0.265. The van der Waals surface area contributed by atoms with Crippen molar-refractivity contribution in [2.45, 2.75) is 136 Å². The highest BCUT2D eigenvalue weighted by atomic mass is 19.4. The van der Waals surface area contributed by atoms with Crippen LogP contribution in [0.4, 0.5) is 13.2 Å². The van der Waals surface area contributed by atoms with Gasteiger partial charge in [0.25, 0.3) is 0 Å². The summed E-state index contributed by atoms with van der Waals surface area (Å²) >= 11 is 0. The van der Waals surface area contributed by atoms with Crippen molar-refractivity contribution in [1.82, 2.24) is 0 Å². The van der Waals surface area contributed by atoms with E-state index in [9.17, 15) is 22.8 Å². The molecule has 0 saturated heterocycles. The van der Waals surface area contributed by atoms with E-state index >= 15 is 0 Å². The van der Waals surface area contributed by atoms with Gasteiger partial charge in [-0.05, 0) is 115 Å². The molecule has 1 aromatic heterocycles. The van der Waals surface area contributed by atoms with Crippen LogP contribution in [0.15, 0.2) is 51.7 Å². The lowest BCUT2D eigenvalue weighted by Crippen LogP contribution is -2.59. The molecule has 2 aromatic carbocycles. The average molecular weight is 687 g/mol. The van der Waals surface area contributed by atoms with Crippen LogP contribution in [0.25, 0.3) is 22.1 Å². The van der Waals surface area contributed by atoms with Gasteiger partial charge in [-0.2, -0.15) is 13.2 Å². The van der Waals surface area contributed by atoms with E-state index in [-0.39, 0.29) is 30.6 Å². The molecule has 0 aliphatic heterocycles. The molecule has 1 aliphatic carbocycles. The van der Waals surface area contributed by atoms with Gasteiger partial charge in [-0.25, -0.2) is 4.79 Å². The summed E-state index contributed by atoms with van der Waals surface area (Å²) in [6, 6.07) is 12.6. The number of fused-ring (bicyclic) bond motifs is 1.